The summed E-state index contributed by atoms with van der Waals surface area (Å²) in [6, 6.07) is 9.51. The van der Waals surface area contributed by atoms with Gasteiger partial charge < -0.3 is 10.0 Å². The first-order chi connectivity index (χ1) is 10.2. The van der Waals surface area contributed by atoms with Crippen LogP contribution in [0.5, 0.6) is 0 Å². The molecule has 108 valence electrons. The molecule has 1 aliphatic carbocycles. The number of pyridine rings is 1. The second-order valence-electron chi connectivity index (χ2n) is 6.19. The van der Waals surface area contributed by atoms with Crippen LogP contribution in [0.3, 0.4) is 0 Å². The van der Waals surface area contributed by atoms with Crippen LogP contribution >= 0.6 is 0 Å². The number of amides is 1. The van der Waals surface area contributed by atoms with Crippen LogP contribution in [0.25, 0.3) is 10.9 Å². The summed E-state index contributed by atoms with van der Waals surface area (Å²) in [6.07, 6.45) is 3.46. The van der Waals surface area contributed by atoms with Gasteiger partial charge in [-0.05, 0) is 43.0 Å². The molecule has 2 aliphatic rings. The van der Waals surface area contributed by atoms with Gasteiger partial charge in [0.1, 0.15) is 0 Å². The fourth-order valence-corrected chi connectivity index (χ4v) is 3.79. The highest BCUT2D eigenvalue weighted by Gasteiger charge is 2.43. The smallest absolute Gasteiger partial charge is 0.253 e. The van der Waals surface area contributed by atoms with E-state index in [0.29, 0.717) is 18.0 Å². The molecule has 1 N–H and O–H groups in total. The summed E-state index contributed by atoms with van der Waals surface area (Å²) >= 11 is 0. The van der Waals surface area contributed by atoms with E-state index in [1.807, 2.05) is 35.2 Å². The van der Waals surface area contributed by atoms with E-state index in [0.717, 1.165) is 30.3 Å². The third-order valence-corrected chi connectivity index (χ3v) is 4.96. The Morgan fingerprint density at radius 1 is 1.24 bits per heavy atom. The molecule has 1 saturated heterocycles. The van der Waals surface area contributed by atoms with E-state index < -0.39 is 0 Å². The third-order valence-electron chi connectivity index (χ3n) is 4.96. The first-order valence-corrected chi connectivity index (χ1v) is 7.54. The Hall–Kier alpha value is -1.94. The summed E-state index contributed by atoms with van der Waals surface area (Å²) in [4.78, 5) is 18.8. The van der Waals surface area contributed by atoms with Gasteiger partial charge in [0.2, 0.25) is 0 Å². The normalized spacial score (nSPS) is 28.0. The highest BCUT2D eigenvalue weighted by Crippen LogP contribution is 2.38. The topological polar surface area (TPSA) is 53.4 Å². The molecule has 1 aromatic heterocycles. The van der Waals surface area contributed by atoms with Crippen molar-refractivity contribution < 1.29 is 9.90 Å². The van der Waals surface area contributed by atoms with Crippen LogP contribution in [-0.2, 0) is 0 Å². The molecular weight excluding hydrogens is 264 g/mol. The standard InChI is InChI=1S/C17H18N2O2/c20-16-6-4-13-9-19(10-14(13)16)17(21)12-3-5-15-11(8-12)2-1-7-18-15/h1-3,5,7-8,13-14,16,20H,4,6,9-10H2/t13-,14+,16-/m1/s1. The lowest BCUT2D eigenvalue weighted by Crippen LogP contribution is -2.31. The molecule has 1 aliphatic heterocycles. The minimum atomic E-state index is -0.228. The van der Waals surface area contributed by atoms with E-state index in [1.54, 1.807) is 6.20 Å². The number of hydrogen-bond donors (Lipinski definition) is 1. The quantitative estimate of drug-likeness (QED) is 0.871. The number of benzene rings is 1. The van der Waals surface area contributed by atoms with Gasteiger partial charge >= 0.3 is 0 Å². The number of carbonyl (C=O) groups is 1. The maximum Gasteiger partial charge on any atom is 0.253 e. The van der Waals surface area contributed by atoms with Crippen molar-refractivity contribution in [3.05, 3.63) is 42.1 Å². The van der Waals surface area contributed by atoms with Crippen molar-refractivity contribution in [1.82, 2.24) is 9.88 Å². The first-order valence-electron chi connectivity index (χ1n) is 7.54. The molecule has 0 bridgehead atoms. The number of likely N-dealkylation sites (tertiary alicyclic amines) is 1. The minimum absolute atomic E-state index is 0.0716. The van der Waals surface area contributed by atoms with E-state index >= 15 is 0 Å². The third kappa shape index (κ3) is 2.10. The Morgan fingerprint density at radius 2 is 2.14 bits per heavy atom. The SMILES string of the molecule is O=C(c1ccc2ncccc2c1)N1C[C@H]2CC[C@@H](O)[C@H]2C1. The van der Waals surface area contributed by atoms with Gasteiger partial charge in [-0.3, -0.25) is 9.78 Å². The number of hydrogen-bond acceptors (Lipinski definition) is 3. The molecule has 2 heterocycles. The second-order valence-corrected chi connectivity index (χ2v) is 6.19. The molecule has 4 heteroatoms. The molecule has 4 rings (SSSR count). The number of fused-ring (bicyclic) bond motifs is 2. The zero-order valence-electron chi connectivity index (χ0n) is 11.8. The van der Waals surface area contributed by atoms with Crippen LogP contribution in [0.15, 0.2) is 36.5 Å². The van der Waals surface area contributed by atoms with Crippen molar-refractivity contribution in [3.8, 4) is 0 Å². The number of carbonyl (C=O) groups excluding carboxylic acids is 1. The number of rotatable bonds is 1. The van der Waals surface area contributed by atoms with Gasteiger partial charge in [-0.25, -0.2) is 0 Å². The molecule has 3 atom stereocenters. The van der Waals surface area contributed by atoms with Crippen LogP contribution in [0.2, 0.25) is 0 Å². The summed E-state index contributed by atoms with van der Waals surface area (Å²) < 4.78 is 0. The van der Waals surface area contributed by atoms with Gasteiger partial charge in [-0.2, -0.15) is 0 Å². The second kappa shape index (κ2) is 4.81. The number of aliphatic hydroxyl groups is 1. The molecule has 1 aromatic carbocycles. The Balaban J connectivity index is 1.59. The van der Waals surface area contributed by atoms with E-state index in [1.165, 1.54) is 0 Å². The van der Waals surface area contributed by atoms with Gasteiger partial charge in [0.25, 0.3) is 5.91 Å². The monoisotopic (exact) mass is 282 g/mol. The van der Waals surface area contributed by atoms with Gasteiger partial charge in [-0.1, -0.05) is 6.07 Å². The number of aromatic nitrogens is 1. The number of nitrogens with zero attached hydrogens (tertiary/aromatic N) is 2. The molecule has 21 heavy (non-hydrogen) atoms. The van der Waals surface area contributed by atoms with Gasteiger partial charge in [-0.15, -0.1) is 0 Å². The van der Waals surface area contributed by atoms with Crippen molar-refractivity contribution in [1.29, 1.82) is 0 Å². The molecular formula is C17H18N2O2. The lowest BCUT2D eigenvalue weighted by Gasteiger charge is -2.18. The van der Waals surface area contributed by atoms with Crippen LogP contribution in [0.4, 0.5) is 0 Å². The Bertz CT molecular complexity index is 700. The molecule has 0 unspecified atom stereocenters. The van der Waals surface area contributed by atoms with Gasteiger partial charge in [0.05, 0.1) is 11.6 Å². The summed E-state index contributed by atoms with van der Waals surface area (Å²) in [5.41, 5.74) is 1.62. The van der Waals surface area contributed by atoms with Gasteiger partial charge in [0, 0.05) is 36.2 Å². The Kier molecular flexibility index (Phi) is 2.93. The van der Waals surface area contributed by atoms with Crippen molar-refractivity contribution in [2.75, 3.05) is 13.1 Å². The Labute approximate surface area is 123 Å². The van der Waals surface area contributed by atoms with Crippen LogP contribution < -0.4 is 0 Å². The average Bonchev–Trinajstić information content (AvgIpc) is 3.08. The fraction of sp³-hybridized carbons (Fsp3) is 0.412. The van der Waals surface area contributed by atoms with E-state index in [2.05, 4.69) is 4.98 Å². The predicted octanol–water partition coefficient (Wildman–Crippen LogP) is 2.08. The average molecular weight is 282 g/mol. The number of aliphatic hydroxyl groups excluding tert-OH is 1. The molecule has 2 fully saturated rings. The Morgan fingerprint density at radius 3 is 3.00 bits per heavy atom. The maximum atomic E-state index is 12.7. The highest BCUT2D eigenvalue weighted by molar-refractivity contribution is 5.98. The molecule has 1 saturated carbocycles. The first kappa shape index (κ1) is 12.8. The summed E-state index contributed by atoms with van der Waals surface area (Å²) in [5, 5.41) is 11.0. The summed E-state index contributed by atoms with van der Waals surface area (Å²) in [5.74, 6) is 0.824. The molecule has 2 aromatic rings. The van der Waals surface area contributed by atoms with Gasteiger partial charge in [0.15, 0.2) is 0 Å². The van der Waals surface area contributed by atoms with Crippen LogP contribution in [0, 0.1) is 11.8 Å². The fourth-order valence-electron chi connectivity index (χ4n) is 3.79. The molecule has 4 nitrogen and oxygen atoms in total. The summed E-state index contributed by atoms with van der Waals surface area (Å²) in [7, 11) is 0. The lowest BCUT2D eigenvalue weighted by atomic mass is 10.00. The predicted molar refractivity (Wildman–Crippen MR) is 79.9 cm³/mol. The van der Waals surface area contributed by atoms with E-state index in [-0.39, 0.29) is 17.9 Å². The maximum absolute atomic E-state index is 12.7. The molecule has 0 radical (unpaired) electrons. The van der Waals surface area contributed by atoms with Crippen molar-refractivity contribution in [3.63, 3.8) is 0 Å². The van der Waals surface area contributed by atoms with E-state index in [4.69, 9.17) is 0 Å². The highest BCUT2D eigenvalue weighted by atomic mass is 16.3. The van der Waals surface area contributed by atoms with Crippen molar-refractivity contribution in [2.24, 2.45) is 11.8 Å². The largest absolute Gasteiger partial charge is 0.393 e. The van der Waals surface area contributed by atoms with Crippen molar-refractivity contribution >= 4 is 16.8 Å². The zero-order chi connectivity index (χ0) is 14.4. The van der Waals surface area contributed by atoms with Crippen LogP contribution in [0.1, 0.15) is 23.2 Å². The lowest BCUT2D eigenvalue weighted by molar-refractivity contribution is 0.0752. The summed E-state index contributed by atoms with van der Waals surface area (Å²) in [6.45, 7) is 1.47. The van der Waals surface area contributed by atoms with E-state index in [9.17, 15) is 9.90 Å². The molecule has 0 spiro atoms. The zero-order valence-corrected chi connectivity index (χ0v) is 11.8. The van der Waals surface area contributed by atoms with Crippen molar-refractivity contribution in [2.45, 2.75) is 18.9 Å². The van der Waals surface area contributed by atoms with Crippen LogP contribution in [-0.4, -0.2) is 40.1 Å². The molecule has 1 amide bonds. The minimum Gasteiger partial charge on any atom is -0.393 e.